The molecule has 0 aromatic carbocycles. The van der Waals surface area contributed by atoms with Crippen LogP contribution in [0.2, 0.25) is 0 Å². The van der Waals surface area contributed by atoms with Gasteiger partial charge < -0.3 is 4.90 Å². The first-order valence-corrected chi connectivity index (χ1v) is 6.84. The highest BCUT2D eigenvalue weighted by Crippen LogP contribution is 2.23. The number of nitrogens with one attached hydrogen (secondary N) is 1. The van der Waals surface area contributed by atoms with E-state index >= 15 is 0 Å². The molecule has 1 aliphatic heterocycles. The van der Waals surface area contributed by atoms with Crippen molar-refractivity contribution in [1.29, 1.82) is 0 Å². The second-order valence-corrected chi connectivity index (χ2v) is 5.20. The summed E-state index contributed by atoms with van der Waals surface area (Å²) in [7, 11) is 0. The van der Waals surface area contributed by atoms with Gasteiger partial charge in [0.1, 0.15) is 11.6 Å². The maximum Gasteiger partial charge on any atom is 0.132 e. The lowest BCUT2D eigenvalue weighted by molar-refractivity contribution is 0.408. The zero-order valence-corrected chi connectivity index (χ0v) is 11.2. The Bertz CT molecular complexity index is 522. The van der Waals surface area contributed by atoms with Crippen molar-refractivity contribution in [2.75, 3.05) is 18.0 Å². The zero-order valence-electron chi connectivity index (χ0n) is 11.2. The Morgan fingerprint density at radius 2 is 2.32 bits per heavy atom. The second kappa shape index (κ2) is 5.38. The Labute approximate surface area is 113 Å². The van der Waals surface area contributed by atoms with Crippen molar-refractivity contribution in [3.63, 3.8) is 0 Å². The average molecular weight is 257 g/mol. The van der Waals surface area contributed by atoms with Gasteiger partial charge in [0.25, 0.3) is 0 Å². The molecule has 5 nitrogen and oxygen atoms in total. The van der Waals surface area contributed by atoms with Crippen LogP contribution in [0.25, 0.3) is 0 Å². The van der Waals surface area contributed by atoms with Crippen molar-refractivity contribution >= 4 is 5.82 Å². The quantitative estimate of drug-likeness (QED) is 0.913. The predicted molar refractivity (Wildman–Crippen MR) is 74.0 cm³/mol. The van der Waals surface area contributed by atoms with Gasteiger partial charge in [-0.3, -0.25) is 5.10 Å². The minimum atomic E-state index is 0.671. The van der Waals surface area contributed by atoms with E-state index in [0.717, 1.165) is 31.2 Å². The van der Waals surface area contributed by atoms with Crippen molar-refractivity contribution in [3.8, 4) is 0 Å². The molecular weight excluding hydrogens is 238 g/mol. The van der Waals surface area contributed by atoms with Gasteiger partial charge in [0.2, 0.25) is 0 Å². The standard InChI is InChI=1S/C14H19N5/c1-11-15-6-5-14(17-11)19-8-2-3-12(10-19)9-13-4-7-16-18-13/h4-7,12H,2-3,8-10H2,1H3,(H,16,18). The van der Waals surface area contributed by atoms with Gasteiger partial charge in [0.15, 0.2) is 0 Å². The molecule has 2 aromatic rings. The fourth-order valence-corrected chi connectivity index (χ4v) is 2.77. The van der Waals surface area contributed by atoms with E-state index in [2.05, 4.69) is 31.1 Å². The van der Waals surface area contributed by atoms with Gasteiger partial charge in [0.05, 0.1) is 0 Å². The highest BCUT2D eigenvalue weighted by Gasteiger charge is 2.21. The molecule has 0 saturated carbocycles. The van der Waals surface area contributed by atoms with Gasteiger partial charge in [0, 0.05) is 31.2 Å². The molecular formula is C14H19N5. The highest BCUT2D eigenvalue weighted by atomic mass is 15.2. The summed E-state index contributed by atoms with van der Waals surface area (Å²) in [5.74, 6) is 2.57. The van der Waals surface area contributed by atoms with Crippen LogP contribution in [-0.2, 0) is 6.42 Å². The molecule has 3 rings (SSSR count). The number of piperidine rings is 1. The molecule has 1 atom stereocenters. The molecule has 0 bridgehead atoms. The van der Waals surface area contributed by atoms with E-state index in [4.69, 9.17) is 0 Å². The second-order valence-electron chi connectivity index (χ2n) is 5.20. The van der Waals surface area contributed by atoms with Gasteiger partial charge in [-0.1, -0.05) is 0 Å². The number of anilines is 1. The molecule has 1 unspecified atom stereocenters. The van der Waals surface area contributed by atoms with Gasteiger partial charge in [-0.2, -0.15) is 5.10 Å². The zero-order chi connectivity index (χ0) is 13.1. The normalized spacial score (nSPS) is 19.6. The van der Waals surface area contributed by atoms with E-state index in [1.54, 1.807) is 0 Å². The molecule has 1 fully saturated rings. The summed E-state index contributed by atoms with van der Waals surface area (Å²) in [6.07, 6.45) is 7.24. The number of hydrogen-bond acceptors (Lipinski definition) is 4. The smallest absolute Gasteiger partial charge is 0.132 e. The van der Waals surface area contributed by atoms with Crippen LogP contribution in [0.15, 0.2) is 24.5 Å². The van der Waals surface area contributed by atoms with Crippen molar-refractivity contribution in [1.82, 2.24) is 20.2 Å². The summed E-state index contributed by atoms with van der Waals surface area (Å²) in [6, 6.07) is 4.07. The molecule has 1 aliphatic rings. The Kier molecular flexibility index (Phi) is 3.44. The minimum Gasteiger partial charge on any atom is -0.356 e. The molecule has 0 spiro atoms. The van der Waals surface area contributed by atoms with Crippen LogP contribution >= 0.6 is 0 Å². The number of nitrogens with zero attached hydrogens (tertiary/aromatic N) is 4. The minimum absolute atomic E-state index is 0.671. The van der Waals surface area contributed by atoms with Crippen LogP contribution in [0.5, 0.6) is 0 Å². The summed E-state index contributed by atoms with van der Waals surface area (Å²) < 4.78 is 0. The van der Waals surface area contributed by atoms with Crippen molar-refractivity contribution < 1.29 is 0 Å². The number of hydrogen-bond donors (Lipinski definition) is 1. The molecule has 1 saturated heterocycles. The lowest BCUT2D eigenvalue weighted by Crippen LogP contribution is -2.36. The Morgan fingerprint density at radius 1 is 1.37 bits per heavy atom. The summed E-state index contributed by atoms with van der Waals surface area (Å²) in [5, 5.41) is 7.07. The van der Waals surface area contributed by atoms with Crippen LogP contribution in [0.4, 0.5) is 5.82 Å². The summed E-state index contributed by atoms with van der Waals surface area (Å²) in [5.41, 5.74) is 1.23. The van der Waals surface area contributed by atoms with E-state index in [1.165, 1.54) is 18.5 Å². The molecule has 19 heavy (non-hydrogen) atoms. The van der Waals surface area contributed by atoms with Gasteiger partial charge in [-0.15, -0.1) is 0 Å². The van der Waals surface area contributed by atoms with E-state index in [9.17, 15) is 0 Å². The van der Waals surface area contributed by atoms with E-state index in [1.807, 2.05) is 25.4 Å². The summed E-state index contributed by atoms with van der Waals surface area (Å²) >= 11 is 0. The topological polar surface area (TPSA) is 57.7 Å². The van der Waals surface area contributed by atoms with Crippen LogP contribution in [0.3, 0.4) is 0 Å². The Morgan fingerprint density at radius 3 is 3.11 bits per heavy atom. The number of aromatic amines is 1. The molecule has 5 heteroatoms. The predicted octanol–water partition coefficient (Wildman–Crippen LogP) is 1.97. The van der Waals surface area contributed by atoms with Crippen molar-refractivity contribution in [2.24, 2.45) is 5.92 Å². The fourth-order valence-electron chi connectivity index (χ4n) is 2.77. The lowest BCUT2D eigenvalue weighted by Gasteiger charge is -2.33. The first-order chi connectivity index (χ1) is 9.31. The third-order valence-electron chi connectivity index (χ3n) is 3.67. The van der Waals surface area contributed by atoms with E-state index in [0.29, 0.717) is 5.92 Å². The lowest BCUT2D eigenvalue weighted by atomic mass is 9.93. The van der Waals surface area contributed by atoms with Gasteiger partial charge >= 0.3 is 0 Å². The van der Waals surface area contributed by atoms with E-state index in [-0.39, 0.29) is 0 Å². The van der Waals surface area contributed by atoms with Gasteiger partial charge in [-0.05, 0) is 44.2 Å². The van der Waals surface area contributed by atoms with Crippen molar-refractivity contribution in [2.45, 2.75) is 26.2 Å². The van der Waals surface area contributed by atoms with Gasteiger partial charge in [-0.25, -0.2) is 9.97 Å². The van der Waals surface area contributed by atoms with Crippen LogP contribution in [0, 0.1) is 12.8 Å². The maximum absolute atomic E-state index is 4.52. The first kappa shape index (κ1) is 12.1. The average Bonchev–Trinajstić information content (AvgIpc) is 2.92. The molecule has 0 radical (unpaired) electrons. The third-order valence-corrected chi connectivity index (χ3v) is 3.67. The first-order valence-electron chi connectivity index (χ1n) is 6.84. The third kappa shape index (κ3) is 2.92. The molecule has 1 N–H and O–H groups in total. The van der Waals surface area contributed by atoms with Crippen LogP contribution < -0.4 is 4.90 Å². The number of H-pyrrole nitrogens is 1. The molecule has 2 aromatic heterocycles. The summed E-state index contributed by atoms with van der Waals surface area (Å²) in [4.78, 5) is 11.1. The van der Waals surface area contributed by atoms with Crippen molar-refractivity contribution in [3.05, 3.63) is 36.0 Å². The molecule has 100 valence electrons. The van der Waals surface area contributed by atoms with Crippen LogP contribution in [-0.4, -0.2) is 33.3 Å². The Hall–Kier alpha value is -1.91. The monoisotopic (exact) mass is 257 g/mol. The maximum atomic E-state index is 4.52. The SMILES string of the molecule is Cc1nccc(N2CCCC(Cc3ccn[nH]3)C2)n1. The molecule has 3 heterocycles. The number of rotatable bonds is 3. The summed E-state index contributed by atoms with van der Waals surface area (Å²) in [6.45, 7) is 4.10. The molecule has 0 amide bonds. The highest BCUT2D eigenvalue weighted by molar-refractivity contribution is 5.38. The van der Waals surface area contributed by atoms with Crippen LogP contribution in [0.1, 0.15) is 24.4 Å². The molecule has 0 aliphatic carbocycles. The fraction of sp³-hybridized carbons (Fsp3) is 0.500. The number of aryl methyl sites for hydroxylation is 1. The largest absolute Gasteiger partial charge is 0.356 e. The Balaban J connectivity index is 1.67. The number of aromatic nitrogens is 4. The van der Waals surface area contributed by atoms with E-state index < -0.39 is 0 Å².